The predicted octanol–water partition coefficient (Wildman–Crippen LogP) is 4.47. The molecule has 0 bridgehead atoms. The Morgan fingerprint density at radius 2 is 1.16 bits per heavy atom. The molecule has 25 heavy (non-hydrogen) atoms. The first-order valence-electron chi connectivity index (χ1n) is 7.73. The Balaban J connectivity index is 3.22. The van der Waals surface area contributed by atoms with E-state index in [9.17, 15) is 22.8 Å². The molecule has 0 aromatic heterocycles. The summed E-state index contributed by atoms with van der Waals surface area (Å²) in [6, 6.07) is 3.80. The molecule has 140 valence electrons. The van der Waals surface area contributed by atoms with Crippen LogP contribution in [0.15, 0.2) is 24.3 Å². The smallest absolute Gasteiger partial charge is 0.416 e. The lowest BCUT2D eigenvalue weighted by atomic mass is 9.97. The first kappa shape index (κ1) is 21.0. The predicted molar refractivity (Wildman–Crippen MR) is 85.9 cm³/mol. The molecule has 0 fully saturated rings. The van der Waals surface area contributed by atoms with Crippen LogP contribution in [0.2, 0.25) is 0 Å². The average molecular weight is 360 g/mol. The zero-order chi connectivity index (χ0) is 19.6. The minimum Gasteiger partial charge on any atom is -0.459 e. The first-order chi connectivity index (χ1) is 11.1. The Morgan fingerprint density at radius 1 is 0.800 bits per heavy atom. The normalized spacial score (nSPS) is 12.9. The number of alkyl halides is 3. The van der Waals surface area contributed by atoms with E-state index in [1.807, 2.05) is 0 Å². The molecule has 1 aromatic carbocycles. The number of benzene rings is 1. The van der Waals surface area contributed by atoms with Gasteiger partial charge in [0.25, 0.3) is 0 Å². The van der Waals surface area contributed by atoms with Gasteiger partial charge in [-0.15, -0.1) is 0 Å². The van der Waals surface area contributed by atoms with Crippen LogP contribution in [0.1, 0.15) is 58.6 Å². The molecule has 0 spiro atoms. The third-order valence-corrected chi connectivity index (χ3v) is 2.86. The van der Waals surface area contributed by atoms with E-state index in [2.05, 4.69) is 0 Å². The monoisotopic (exact) mass is 360 g/mol. The van der Waals surface area contributed by atoms with Crippen molar-refractivity contribution in [3.63, 3.8) is 0 Å². The summed E-state index contributed by atoms with van der Waals surface area (Å²) in [5.74, 6) is -3.20. The largest absolute Gasteiger partial charge is 0.459 e. The molecule has 0 aliphatic rings. The summed E-state index contributed by atoms with van der Waals surface area (Å²) in [6.45, 7) is 9.77. The fourth-order valence-electron chi connectivity index (χ4n) is 1.95. The van der Waals surface area contributed by atoms with Crippen molar-refractivity contribution < 1.29 is 32.2 Å². The fraction of sp³-hybridized carbons (Fsp3) is 0.556. The number of hydrogen-bond donors (Lipinski definition) is 0. The summed E-state index contributed by atoms with van der Waals surface area (Å²) in [6.07, 6.45) is -4.51. The van der Waals surface area contributed by atoms with Crippen molar-refractivity contribution in [1.82, 2.24) is 0 Å². The second-order valence-corrected chi connectivity index (χ2v) is 7.62. The van der Waals surface area contributed by atoms with Gasteiger partial charge in [-0.25, -0.2) is 0 Å². The second-order valence-electron chi connectivity index (χ2n) is 7.62. The second kappa shape index (κ2) is 7.06. The molecule has 0 heterocycles. The highest BCUT2D eigenvalue weighted by molar-refractivity contribution is 6.01. The molecular weight excluding hydrogens is 337 g/mol. The zero-order valence-corrected chi connectivity index (χ0v) is 15.2. The molecule has 0 radical (unpaired) electrons. The Labute approximate surface area is 145 Å². The summed E-state index contributed by atoms with van der Waals surface area (Å²) in [4.78, 5) is 24.8. The van der Waals surface area contributed by atoms with Crippen molar-refractivity contribution in [3.8, 4) is 0 Å². The van der Waals surface area contributed by atoms with Crippen LogP contribution in [0.5, 0.6) is 0 Å². The van der Waals surface area contributed by atoms with Crippen LogP contribution in [0.4, 0.5) is 13.2 Å². The highest BCUT2D eigenvalue weighted by atomic mass is 19.4. The van der Waals surface area contributed by atoms with E-state index in [0.717, 1.165) is 24.3 Å². The summed E-state index contributed by atoms with van der Waals surface area (Å²) in [5, 5.41) is 0. The van der Waals surface area contributed by atoms with Crippen LogP contribution in [-0.2, 0) is 25.2 Å². The maximum Gasteiger partial charge on any atom is 0.416 e. The third-order valence-electron chi connectivity index (χ3n) is 2.86. The van der Waals surface area contributed by atoms with Crippen LogP contribution in [-0.4, -0.2) is 23.1 Å². The lowest BCUT2D eigenvalue weighted by Crippen LogP contribution is -2.35. The molecule has 4 nitrogen and oxygen atoms in total. The van der Waals surface area contributed by atoms with E-state index in [-0.39, 0.29) is 5.56 Å². The summed E-state index contributed by atoms with van der Waals surface area (Å²) in [7, 11) is 0. The average Bonchev–Trinajstić information content (AvgIpc) is 2.33. The van der Waals surface area contributed by atoms with Gasteiger partial charge in [0.1, 0.15) is 11.2 Å². The Kier molecular flexibility index (Phi) is 5.93. The minimum atomic E-state index is -4.51. The number of hydrogen-bond acceptors (Lipinski definition) is 4. The topological polar surface area (TPSA) is 52.6 Å². The maximum atomic E-state index is 12.7. The highest BCUT2D eigenvalue weighted by Gasteiger charge is 2.37. The molecule has 1 aromatic rings. The molecule has 0 saturated heterocycles. The zero-order valence-electron chi connectivity index (χ0n) is 15.2. The van der Waals surface area contributed by atoms with Gasteiger partial charge in [-0.3, -0.25) is 9.59 Å². The Morgan fingerprint density at radius 3 is 1.44 bits per heavy atom. The Hall–Kier alpha value is -2.05. The first-order valence-corrected chi connectivity index (χ1v) is 7.73. The molecule has 0 N–H and O–H groups in total. The van der Waals surface area contributed by atoms with Crippen molar-refractivity contribution in [3.05, 3.63) is 35.4 Å². The van der Waals surface area contributed by atoms with Crippen molar-refractivity contribution in [2.45, 2.75) is 64.8 Å². The van der Waals surface area contributed by atoms with Gasteiger partial charge in [-0.1, -0.05) is 12.1 Å². The molecular formula is C18H23F3O4. The van der Waals surface area contributed by atoms with E-state index >= 15 is 0 Å². The van der Waals surface area contributed by atoms with Crippen LogP contribution in [0.25, 0.3) is 0 Å². The lowest BCUT2D eigenvalue weighted by Gasteiger charge is -2.26. The number of carbonyl (C=O) groups is 2. The quantitative estimate of drug-likeness (QED) is 0.589. The van der Waals surface area contributed by atoms with Crippen molar-refractivity contribution in [2.24, 2.45) is 0 Å². The van der Waals surface area contributed by atoms with Gasteiger partial charge in [0, 0.05) is 0 Å². The van der Waals surface area contributed by atoms with Crippen molar-refractivity contribution >= 4 is 11.9 Å². The van der Waals surface area contributed by atoms with Gasteiger partial charge in [0.05, 0.1) is 5.56 Å². The van der Waals surface area contributed by atoms with E-state index < -0.39 is 40.8 Å². The van der Waals surface area contributed by atoms with Gasteiger partial charge < -0.3 is 9.47 Å². The molecule has 0 aliphatic heterocycles. The summed E-state index contributed by atoms with van der Waals surface area (Å²) >= 11 is 0. The minimum absolute atomic E-state index is 0.0801. The molecule has 1 rings (SSSR count). The number of esters is 2. The van der Waals surface area contributed by atoms with Gasteiger partial charge in [-0.05, 0) is 59.2 Å². The van der Waals surface area contributed by atoms with Crippen molar-refractivity contribution in [1.29, 1.82) is 0 Å². The molecule has 0 aliphatic carbocycles. The van der Waals surface area contributed by atoms with Crippen LogP contribution >= 0.6 is 0 Å². The standard InChI is InChI=1S/C18H23F3O4/c1-16(2,3)24-14(22)13(15(23)25-17(4,5)6)11-7-9-12(10-8-11)18(19,20)21/h7-10,13H,1-6H3. The molecule has 0 amide bonds. The van der Waals surface area contributed by atoms with Gasteiger partial charge in [-0.2, -0.15) is 13.2 Å². The highest BCUT2D eigenvalue weighted by Crippen LogP contribution is 2.31. The Bertz CT molecular complexity index is 592. The number of ether oxygens (including phenoxy) is 2. The lowest BCUT2D eigenvalue weighted by molar-refractivity contribution is -0.169. The van der Waals surface area contributed by atoms with E-state index in [0.29, 0.717) is 0 Å². The van der Waals surface area contributed by atoms with Crippen molar-refractivity contribution in [2.75, 3.05) is 0 Å². The van der Waals surface area contributed by atoms with Gasteiger partial charge in [0.2, 0.25) is 0 Å². The van der Waals surface area contributed by atoms with Crippen LogP contribution < -0.4 is 0 Å². The SMILES string of the molecule is CC(C)(C)OC(=O)C(C(=O)OC(C)(C)C)c1ccc(C(F)(F)F)cc1. The molecule has 0 saturated carbocycles. The molecule has 0 atom stereocenters. The van der Waals surface area contributed by atoms with E-state index in [4.69, 9.17) is 9.47 Å². The third kappa shape index (κ3) is 6.76. The number of carbonyl (C=O) groups excluding carboxylic acids is 2. The summed E-state index contributed by atoms with van der Waals surface area (Å²) in [5.41, 5.74) is -2.51. The summed E-state index contributed by atoms with van der Waals surface area (Å²) < 4.78 is 48.5. The van der Waals surface area contributed by atoms with Gasteiger partial charge >= 0.3 is 18.1 Å². The van der Waals surface area contributed by atoms with Gasteiger partial charge in [0.15, 0.2) is 5.92 Å². The fourth-order valence-corrected chi connectivity index (χ4v) is 1.95. The maximum absolute atomic E-state index is 12.7. The molecule has 7 heteroatoms. The molecule has 0 unspecified atom stereocenters. The van der Waals surface area contributed by atoms with E-state index in [1.54, 1.807) is 41.5 Å². The van der Waals surface area contributed by atoms with Crippen LogP contribution in [0, 0.1) is 0 Å². The van der Waals surface area contributed by atoms with Crippen LogP contribution in [0.3, 0.4) is 0 Å². The van der Waals surface area contributed by atoms with E-state index in [1.165, 1.54) is 0 Å². The number of halogens is 3. The number of rotatable bonds is 3.